The Morgan fingerprint density at radius 2 is 1.79 bits per heavy atom. The van der Waals surface area contributed by atoms with Gasteiger partial charge in [0, 0.05) is 9.50 Å². The van der Waals surface area contributed by atoms with Crippen LogP contribution in [0.4, 0.5) is 10.5 Å². The first-order chi connectivity index (χ1) is 15.8. The van der Waals surface area contributed by atoms with E-state index in [1.165, 1.54) is 12.1 Å². The highest BCUT2D eigenvalue weighted by atomic mass is 79.9. The maximum absolute atomic E-state index is 13.1. The van der Waals surface area contributed by atoms with Crippen LogP contribution in [-0.4, -0.2) is 17.8 Å². The van der Waals surface area contributed by atoms with Gasteiger partial charge in [0.1, 0.15) is 17.9 Å². The third kappa shape index (κ3) is 5.16. The van der Waals surface area contributed by atoms with Crippen molar-refractivity contribution in [1.29, 1.82) is 0 Å². The molecule has 1 aliphatic rings. The molecule has 1 heterocycles. The van der Waals surface area contributed by atoms with Crippen LogP contribution in [0.25, 0.3) is 6.08 Å². The Bertz CT molecular complexity index is 1290. The van der Waals surface area contributed by atoms with Crippen molar-refractivity contribution >= 4 is 57.1 Å². The number of hydrogen-bond donors (Lipinski definition) is 1. The van der Waals surface area contributed by atoms with Crippen LogP contribution in [0.2, 0.25) is 5.02 Å². The first kappa shape index (κ1) is 22.8. The minimum Gasteiger partial charge on any atom is -0.489 e. The average Bonchev–Trinajstić information content (AvgIpc) is 2.79. The minimum absolute atomic E-state index is 0.170. The van der Waals surface area contributed by atoms with Gasteiger partial charge in [-0.25, -0.2) is 9.69 Å². The number of halogens is 2. The summed E-state index contributed by atoms with van der Waals surface area (Å²) in [6.07, 6.45) is 1.43. The van der Waals surface area contributed by atoms with Gasteiger partial charge in [0.05, 0.1) is 5.69 Å². The Morgan fingerprint density at radius 1 is 1.03 bits per heavy atom. The zero-order valence-corrected chi connectivity index (χ0v) is 19.8. The summed E-state index contributed by atoms with van der Waals surface area (Å²) in [7, 11) is 0. The van der Waals surface area contributed by atoms with Crippen LogP contribution in [-0.2, 0) is 16.2 Å². The summed E-state index contributed by atoms with van der Waals surface area (Å²) in [6, 6.07) is 18.7. The van der Waals surface area contributed by atoms with Gasteiger partial charge in [0.2, 0.25) is 0 Å². The molecular formula is C25H18BrClN2O4. The normalized spacial score (nSPS) is 15.1. The van der Waals surface area contributed by atoms with Gasteiger partial charge in [0.15, 0.2) is 0 Å². The van der Waals surface area contributed by atoms with E-state index in [2.05, 4.69) is 21.2 Å². The maximum Gasteiger partial charge on any atom is 0.335 e. The Kier molecular flexibility index (Phi) is 6.62. The molecule has 0 saturated carbocycles. The number of imide groups is 2. The summed E-state index contributed by atoms with van der Waals surface area (Å²) < 4.78 is 6.82. The van der Waals surface area contributed by atoms with Gasteiger partial charge in [0.25, 0.3) is 11.8 Å². The number of aryl methyl sites for hydroxylation is 1. The SMILES string of the molecule is Cc1ccc(N2C(=O)NC(=O)/C(=C/c3cccc(OCc4ccc(Br)cc4)c3)C2=O)cc1Cl. The topological polar surface area (TPSA) is 75.7 Å². The Balaban J connectivity index is 1.58. The molecule has 0 aliphatic carbocycles. The number of carbonyl (C=O) groups is 3. The van der Waals surface area contributed by atoms with Crippen LogP contribution in [0.3, 0.4) is 0 Å². The molecule has 1 fully saturated rings. The summed E-state index contributed by atoms with van der Waals surface area (Å²) >= 11 is 9.55. The summed E-state index contributed by atoms with van der Waals surface area (Å²) in [4.78, 5) is 38.8. The van der Waals surface area contributed by atoms with Crippen LogP contribution in [0, 0.1) is 6.92 Å². The molecule has 1 saturated heterocycles. The first-order valence-electron chi connectivity index (χ1n) is 9.97. The van der Waals surface area contributed by atoms with Crippen LogP contribution in [0.15, 0.2) is 76.8 Å². The fourth-order valence-electron chi connectivity index (χ4n) is 3.22. The average molecular weight is 526 g/mol. The summed E-state index contributed by atoms with van der Waals surface area (Å²) in [5.74, 6) is -0.917. The molecular weight excluding hydrogens is 508 g/mol. The second-order valence-electron chi connectivity index (χ2n) is 7.38. The lowest BCUT2D eigenvalue weighted by molar-refractivity contribution is -0.122. The molecule has 1 aliphatic heterocycles. The number of ether oxygens (including phenoxy) is 1. The van der Waals surface area contributed by atoms with Gasteiger partial charge in [-0.1, -0.05) is 57.9 Å². The number of barbiturate groups is 1. The highest BCUT2D eigenvalue weighted by Gasteiger charge is 2.37. The lowest BCUT2D eigenvalue weighted by Gasteiger charge is -2.26. The number of nitrogens with zero attached hydrogens (tertiary/aromatic N) is 1. The van der Waals surface area contributed by atoms with Gasteiger partial charge in [-0.15, -0.1) is 0 Å². The van der Waals surface area contributed by atoms with Crippen molar-refractivity contribution in [3.8, 4) is 5.75 Å². The molecule has 3 aromatic carbocycles. The summed E-state index contributed by atoms with van der Waals surface area (Å²) in [5.41, 5.74) is 2.49. The maximum atomic E-state index is 13.1. The van der Waals surface area contributed by atoms with Crippen molar-refractivity contribution in [2.24, 2.45) is 0 Å². The van der Waals surface area contributed by atoms with Gasteiger partial charge < -0.3 is 4.74 Å². The third-order valence-corrected chi connectivity index (χ3v) is 5.94. The molecule has 0 unspecified atom stereocenters. The summed E-state index contributed by atoms with van der Waals surface area (Å²) in [5, 5.41) is 2.62. The molecule has 33 heavy (non-hydrogen) atoms. The van der Waals surface area contributed by atoms with Crippen LogP contribution in [0.5, 0.6) is 5.75 Å². The quantitative estimate of drug-likeness (QED) is 0.345. The number of carbonyl (C=O) groups excluding carboxylic acids is 3. The second kappa shape index (κ2) is 9.60. The largest absolute Gasteiger partial charge is 0.489 e. The fourth-order valence-corrected chi connectivity index (χ4v) is 3.66. The lowest BCUT2D eigenvalue weighted by atomic mass is 10.1. The van der Waals surface area contributed by atoms with Crippen LogP contribution < -0.4 is 15.0 Å². The van der Waals surface area contributed by atoms with E-state index >= 15 is 0 Å². The molecule has 0 spiro atoms. The van der Waals surface area contributed by atoms with E-state index in [1.807, 2.05) is 31.2 Å². The predicted molar refractivity (Wildman–Crippen MR) is 130 cm³/mol. The van der Waals surface area contributed by atoms with E-state index in [4.69, 9.17) is 16.3 Å². The molecule has 8 heteroatoms. The number of rotatable bonds is 5. The van der Waals surface area contributed by atoms with Gasteiger partial charge in [-0.2, -0.15) is 0 Å². The van der Waals surface area contributed by atoms with Gasteiger partial charge >= 0.3 is 6.03 Å². The number of urea groups is 1. The van der Waals surface area contributed by atoms with E-state index in [-0.39, 0.29) is 11.3 Å². The van der Waals surface area contributed by atoms with Crippen molar-refractivity contribution in [3.05, 3.63) is 98.5 Å². The number of anilines is 1. The molecule has 166 valence electrons. The minimum atomic E-state index is -0.825. The zero-order chi connectivity index (χ0) is 23.5. The lowest BCUT2D eigenvalue weighted by Crippen LogP contribution is -2.54. The highest BCUT2D eigenvalue weighted by Crippen LogP contribution is 2.27. The molecule has 4 rings (SSSR count). The second-order valence-corrected chi connectivity index (χ2v) is 8.70. The highest BCUT2D eigenvalue weighted by molar-refractivity contribution is 9.10. The molecule has 0 bridgehead atoms. The van der Waals surface area contributed by atoms with Crippen LogP contribution in [0.1, 0.15) is 16.7 Å². The third-order valence-electron chi connectivity index (χ3n) is 5.00. The molecule has 4 amide bonds. The van der Waals surface area contributed by atoms with E-state index in [1.54, 1.807) is 36.4 Å². The fraction of sp³-hybridized carbons (Fsp3) is 0.0800. The molecule has 6 nitrogen and oxygen atoms in total. The van der Waals surface area contributed by atoms with Gasteiger partial charge in [-0.3, -0.25) is 14.9 Å². The van der Waals surface area contributed by atoms with Crippen molar-refractivity contribution in [3.63, 3.8) is 0 Å². The van der Waals surface area contributed by atoms with E-state index in [0.29, 0.717) is 22.9 Å². The first-order valence-corrected chi connectivity index (χ1v) is 11.1. The Hall–Kier alpha value is -3.42. The molecule has 3 aromatic rings. The zero-order valence-electron chi connectivity index (χ0n) is 17.5. The summed E-state index contributed by atoms with van der Waals surface area (Å²) in [6.45, 7) is 2.17. The Morgan fingerprint density at radius 3 is 2.52 bits per heavy atom. The molecule has 0 aromatic heterocycles. The monoisotopic (exact) mass is 524 g/mol. The van der Waals surface area contributed by atoms with Crippen molar-refractivity contribution in [2.75, 3.05) is 4.90 Å². The molecule has 1 N–H and O–H groups in total. The number of nitrogens with one attached hydrogen (secondary N) is 1. The standard InChI is InChI=1S/C25H18BrClN2O4/c1-15-5-10-19(13-22(15)27)29-24(31)21(23(30)28-25(29)32)12-17-3-2-4-20(11-17)33-14-16-6-8-18(26)9-7-16/h2-13H,14H2,1H3,(H,28,30,32)/b21-12-. The van der Waals surface area contributed by atoms with E-state index in [0.717, 1.165) is 20.5 Å². The predicted octanol–water partition coefficient (Wildman–Crippen LogP) is 5.66. The van der Waals surface area contributed by atoms with Crippen molar-refractivity contribution in [1.82, 2.24) is 5.32 Å². The molecule has 0 atom stereocenters. The number of amides is 4. The number of benzene rings is 3. The smallest absolute Gasteiger partial charge is 0.335 e. The van der Waals surface area contributed by atoms with Crippen LogP contribution >= 0.6 is 27.5 Å². The number of hydrogen-bond acceptors (Lipinski definition) is 4. The van der Waals surface area contributed by atoms with Crippen molar-refractivity contribution in [2.45, 2.75) is 13.5 Å². The molecule has 0 radical (unpaired) electrons. The Labute approximate surface area is 203 Å². The van der Waals surface area contributed by atoms with Crippen molar-refractivity contribution < 1.29 is 19.1 Å². The van der Waals surface area contributed by atoms with E-state index < -0.39 is 17.8 Å². The van der Waals surface area contributed by atoms with Gasteiger partial charge in [-0.05, 0) is 66.1 Å². The van der Waals surface area contributed by atoms with E-state index in [9.17, 15) is 14.4 Å².